The van der Waals surface area contributed by atoms with Crippen LogP contribution in [0.5, 0.6) is 0 Å². The monoisotopic (exact) mass is 291 g/mol. The molecule has 1 aliphatic rings. The van der Waals surface area contributed by atoms with Crippen molar-refractivity contribution in [1.29, 1.82) is 0 Å². The zero-order valence-electron chi connectivity index (χ0n) is 11.2. The first kappa shape index (κ1) is 14.8. The van der Waals surface area contributed by atoms with Crippen LogP contribution in [0.15, 0.2) is 6.07 Å². The van der Waals surface area contributed by atoms with Crippen molar-refractivity contribution >= 4 is 5.91 Å². The Morgan fingerprint density at radius 2 is 2.20 bits per heavy atom. The van der Waals surface area contributed by atoms with Crippen molar-refractivity contribution in [2.75, 3.05) is 13.1 Å². The molecule has 1 saturated heterocycles. The second kappa shape index (κ2) is 4.76. The molecule has 0 spiro atoms. The van der Waals surface area contributed by atoms with Crippen LogP contribution >= 0.6 is 0 Å². The van der Waals surface area contributed by atoms with E-state index in [1.165, 1.54) is 10.7 Å². The fourth-order valence-corrected chi connectivity index (χ4v) is 2.32. The molecule has 0 radical (unpaired) electrons. The van der Waals surface area contributed by atoms with E-state index in [9.17, 15) is 23.1 Å². The number of β-amino-alcohol motifs (C(OH)–C–C–N with tert-alkyl or cyclic N) is 1. The topological polar surface area (TPSA) is 58.4 Å². The van der Waals surface area contributed by atoms with Crippen LogP contribution in [-0.4, -0.2) is 50.6 Å². The van der Waals surface area contributed by atoms with Gasteiger partial charge in [-0.15, -0.1) is 0 Å². The summed E-state index contributed by atoms with van der Waals surface area (Å²) in [6.45, 7) is 3.09. The molecule has 1 aromatic heterocycles. The first-order valence-corrected chi connectivity index (χ1v) is 6.31. The van der Waals surface area contributed by atoms with Crippen LogP contribution in [0.4, 0.5) is 13.2 Å². The van der Waals surface area contributed by atoms with Crippen molar-refractivity contribution in [3.63, 3.8) is 0 Å². The Morgan fingerprint density at radius 3 is 2.70 bits per heavy atom. The van der Waals surface area contributed by atoms with Crippen LogP contribution in [0.25, 0.3) is 0 Å². The van der Waals surface area contributed by atoms with Gasteiger partial charge in [-0.1, -0.05) is 0 Å². The number of hydrogen-bond donors (Lipinski definition) is 1. The van der Waals surface area contributed by atoms with Gasteiger partial charge in [0.2, 0.25) is 0 Å². The first-order chi connectivity index (χ1) is 9.18. The van der Waals surface area contributed by atoms with E-state index >= 15 is 0 Å². The molecule has 2 rings (SSSR count). The van der Waals surface area contributed by atoms with E-state index < -0.39 is 30.7 Å². The normalized spacial score (nSPS) is 23.4. The molecule has 5 nitrogen and oxygen atoms in total. The summed E-state index contributed by atoms with van der Waals surface area (Å²) in [5.41, 5.74) is -1.94. The van der Waals surface area contributed by atoms with Crippen molar-refractivity contribution in [1.82, 2.24) is 14.7 Å². The van der Waals surface area contributed by atoms with Crippen LogP contribution in [-0.2, 0) is 6.54 Å². The van der Waals surface area contributed by atoms with Crippen LogP contribution in [0.3, 0.4) is 0 Å². The number of amides is 1. The molecule has 1 amide bonds. The van der Waals surface area contributed by atoms with Gasteiger partial charge in [0, 0.05) is 19.5 Å². The highest BCUT2D eigenvalue weighted by molar-refractivity contribution is 5.93. The van der Waals surface area contributed by atoms with Gasteiger partial charge in [-0.05, 0) is 19.9 Å². The molecule has 0 unspecified atom stereocenters. The Balaban J connectivity index is 2.20. The molecule has 1 aliphatic heterocycles. The number of nitrogens with zero attached hydrogens (tertiary/aromatic N) is 3. The Hall–Kier alpha value is -1.57. The predicted octanol–water partition coefficient (Wildman–Crippen LogP) is 1.35. The van der Waals surface area contributed by atoms with E-state index in [2.05, 4.69) is 5.10 Å². The minimum atomic E-state index is -4.73. The van der Waals surface area contributed by atoms with E-state index in [-0.39, 0.29) is 12.2 Å². The highest BCUT2D eigenvalue weighted by Crippen LogP contribution is 2.37. The lowest BCUT2D eigenvalue weighted by atomic mass is 10.0. The molecule has 1 fully saturated rings. The zero-order valence-corrected chi connectivity index (χ0v) is 11.2. The molecular formula is C12H16F3N3O2. The van der Waals surface area contributed by atoms with Gasteiger partial charge in [-0.3, -0.25) is 9.48 Å². The lowest BCUT2D eigenvalue weighted by Gasteiger charge is -2.25. The summed E-state index contributed by atoms with van der Waals surface area (Å²) in [4.78, 5) is 13.3. The number of aliphatic hydroxyl groups is 1. The maximum atomic E-state index is 12.7. The molecule has 1 aromatic rings. The number of hydrogen-bond acceptors (Lipinski definition) is 3. The Labute approximate surface area is 114 Å². The van der Waals surface area contributed by atoms with Gasteiger partial charge >= 0.3 is 6.18 Å². The van der Waals surface area contributed by atoms with Crippen LogP contribution in [0.1, 0.15) is 29.5 Å². The van der Waals surface area contributed by atoms with Gasteiger partial charge in [0.1, 0.15) is 5.69 Å². The fraction of sp³-hybridized carbons (Fsp3) is 0.667. The van der Waals surface area contributed by atoms with Gasteiger partial charge in [-0.2, -0.15) is 18.3 Å². The van der Waals surface area contributed by atoms with Gasteiger partial charge in [0.05, 0.1) is 12.2 Å². The Bertz CT molecular complexity index is 527. The highest BCUT2D eigenvalue weighted by Gasteiger charge is 2.57. The standard InChI is InChI=1S/C12H16F3N3O2/c1-3-18-9(6-8(2)16-18)10(19)17-5-4-11(20,7-17)12(13,14)15/h6,20H,3-5,7H2,1-2H3/t11-/m1/s1. The molecule has 0 aliphatic carbocycles. The minimum absolute atomic E-state index is 0.122. The second-order valence-corrected chi connectivity index (χ2v) is 4.99. The molecule has 0 aromatic carbocycles. The van der Waals surface area contributed by atoms with E-state index in [4.69, 9.17) is 0 Å². The number of aryl methyl sites for hydroxylation is 2. The van der Waals surface area contributed by atoms with Gasteiger partial charge in [0.15, 0.2) is 5.60 Å². The number of halogens is 3. The summed E-state index contributed by atoms with van der Waals surface area (Å²) in [5, 5.41) is 13.7. The molecule has 0 bridgehead atoms. The summed E-state index contributed by atoms with van der Waals surface area (Å²) >= 11 is 0. The third kappa shape index (κ3) is 2.39. The van der Waals surface area contributed by atoms with E-state index in [0.717, 1.165) is 4.90 Å². The van der Waals surface area contributed by atoms with Crippen molar-refractivity contribution in [3.8, 4) is 0 Å². The smallest absolute Gasteiger partial charge is 0.379 e. The third-order valence-electron chi connectivity index (χ3n) is 3.48. The number of alkyl halides is 3. The number of likely N-dealkylation sites (tertiary alicyclic amines) is 1. The van der Waals surface area contributed by atoms with Crippen molar-refractivity contribution in [2.45, 2.75) is 38.6 Å². The molecule has 2 heterocycles. The molecule has 0 saturated carbocycles. The van der Waals surface area contributed by atoms with Crippen molar-refractivity contribution in [3.05, 3.63) is 17.5 Å². The summed E-state index contributed by atoms with van der Waals surface area (Å²) < 4.78 is 39.6. The van der Waals surface area contributed by atoms with Gasteiger partial charge in [-0.25, -0.2) is 0 Å². The van der Waals surface area contributed by atoms with Gasteiger partial charge < -0.3 is 10.0 Å². The van der Waals surface area contributed by atoms with E-state index in [1.807, 2.05) is 0 Å². The third-order valence-corrected chi connectivity index (χ3v) is 3.48. The fourth-order valence-electron chi connectivity index (χ4n) is 2.32. The average molecular weight is 291 g/mol. The van der Waals surface area contributed by atoms with E-state index in [0.29, 0.717) is 12.2 Å². The van der Waals surface area contributed by atoms with Crippen molar-refractivity contribution in [2.24, 2.45) is 0 Å². The van der Waals surface area contributed by atoms with Gasteiger partial charge in [0.25, 0.3) is 5.91 Å². The molecule has 8 heteroatoms. The second-order valence-electron chi connectivity index (χ2n) is 4.99. The molecule has 1 N–H and O–H groups in total. The molecule has 1 atom stereocenters. The van der Waals surface area contributed by atoms with Crippen LogP contribution in [0.2, 0.25) is 0 Å². The molecule has 112 valence electrons. The first-order valence-electron chi connectivity index (χ1n) is 6.31. The molecular weight excluding hydrogens is 275 g/mol. The van der Waals surface area contributed by atoms with E-state index in [1.54, 1.807) is 13.8 Å². The number of aromatic nitrogens is 2. The largest absolute Gasteiger partial charge is 0.419 e. The SMILES string of the molecule is CCn1nc(C)cc1C(=O)N1CC[C@](O)(C(F)(F)F)C1. The summed E-state index contributed by atoms with van der Waals surface area (Å²) in [5.74, 6) is -0.535. The highest BCUT2D eigenvalue weighted by atomic mass is 19.4. The van der Waals surface area contributed by atoms with Crippen LogP contribution in [0, 0.1) is 6.92 Å². The lowest BCUT2D eigenvalue weighted by molar-refractivity contribution is -0.253. The molecule has 20 heavy (non-hydrogen) atoms. The quantitative estimate of drug-likeness (QED) is 0.895. The predicted molar refractivity (Wildman–Crippen MR) is 64.2 cm³/mol. The maximum Gasteiger partial charge on any atom is 0.419 e. The average Bonchev–Trinajstić information content (AvgIpc) is 2.92. The number of rotatable bonds is 2. The Morgan fingerprint density at radius 1 is 1.55 bits per heavy atom. The van der Waals surface area contributed by atoms with Crippen LogP contribution < -0.4 is 0 Å². The summed E-state index contributed by atoms with van der Waals surface area (Å²) in [6.07, 6.45) is -5.23. The Kier molecular flexibility index (Phi) is 3.53. The number of carbonyl (C=O) groups excluding carboxylic acids is 1. The summed E-state index contributed by atoms with van der Waals surface area (Å²) in [7, 11) is 0. The zero-order chi connectivity index (χ0) is 15.1. The number of carbonyl (C=O) groups is 1. The summed E-state index contributed by atoms with van der Waals surface area (Å²) in [6, 6.07) is 1.54. The maximum absolute atomic E-state index is 12.7. The lowest BCUT2D eigenvalue weighted by Crippen LogP contribution is -2.48. The van der Waals surface area contributed by atoms with Crippen molar-refractivity contribution < 1.29 is 23.1 Å². The minimum Gasteiger partial charge on any atom is -0.379 e.